The zero-order chi connectivity index (χ0) is 19.2. The van der Waals surface area contributed by atoms with Crippen LogP contribution in [0.1, 0.15) is 35.8 Å². The first-order chi connectivity index (χ1) is 13.1. The monoisotopic (exact) mass is 381 g/mol. The molecule has 3 rings (SSSR count). The number of nitrogens with zero attached hydrogens (tertiary/aromatic N) is 1. The van der Waals surface area contributed by atoms with Gasteiger partial charge in [0.1, 0.15) is 18.1 Å². The van der Waals surface area contributed by atoms with E-state index in [1.807, 2.05) is 42.5 Å². The van der Waals surface area contributed by atoms with E-state index in [-0.39, 0.29) is 5.91 Å². The number of aromatic nitrogens is 2. The number of H-pyrrole nitrogens is 1. The fourth-order valence-electron chi connectivity index (χ4n) is 2.74. The van der Waals surface area contributed by atoms with Crippen molar-refractivity contribution < 1.29 is 9.53 Å². The van der Waals surface area contributed by atoms with Crippen LogP contribution in [0.3, 0.4) is 0 Å². The third-order valence-electron chi connectivity index (χ3n) is 4.23. The summed E-state index contributed by atoms with van der Waals surface area (Å²) in [6.07, 6.45) is 1.62. The Hall–Kier alpha value is -2.86. The molecule has 27 heavy (non-hydrogen) atoms. The quantitative estimate of drug-likeness (QED) is 0.469. The zero-order valence-electron chi connectivity index (χ0n) is 15.4. The van der Waals surface area contributed by atoms with Gasteiger partial charge in [0.05, 0.1) is 6.54 Å². The van der Waals surface area contributed by atoms with Gasteiger partial charge in [-0.05, 0) is 48.0 Å². The Balaban J connectivity index is 1.57. The Morgan fingerprint density at radius 2 is 1.85 bits per heavy atom. The van der Waals surface area contributed by atoms with Crippen LogP contribution in [0.15, 0.2) is 60.8 Å². The molecule has 0 saturated heterocycles. The molecule has 5 nitrogen and oxygen atoms in total. The summed E-state index contributed by atoms with van der Waals surface area (Å²) in [5.74, 6) is 1.08. The Morgan fingerprint density at radius 3 is 2.52 bits per heavy atom. The van der Waals surface area contributed by atoms with Gasteiger partial charge in [0.25, 0.3) is 5.91 Å². The molecule has 140 valence electrons. The molecule has 3 aromatic rings. The van der Waals surface area contributed by atoms with Crippen LogP contribution in [0.4, 0.5) is 0 Å². The molecule has 0 unspecified atom stereocenters. The maximum Gasteiger partial charge on any atom is 0.269 e. The van der Waals surface area contributed by atoms with E-state index >= 15 is 0 Å². The highest BCUT2D eigenvalue weighted by atomic mass is 32.1. The minimum Gasteiger partial charge on any atom is -0.492 e. The lowest BCUT2D eigenvalue weighted by molar-refractivity contribution is 0.0940. The van der Waals surface area contributed by atoms with E-state index in [9.17, 15) is 4.79 Å². The average Bonchev–Trinajstić information content (AvgIpc) is 3.07. The molecule has 0 spiro atoms. The molecule has 1 amide bonds. The predicted octanol–water partition coefficient (Wildman–Crippen LogP) is 4.47. The number of hydrogen-bond donors (Lipinski definition) is 2. The number of aromatic amines is 1. The van der Waals surface area contributed by atoms with Gasteiger partial charge in [-0.1, -0.05) is 44.2 Å². The highest BCUT2D eigenvalue weighted by molar-refractivity contribution is 7.71. The molecule has 1 heterocycles. The van der Waals surface area contributed by atoms with E-state index in [4.69, 9.17) is 17.0 Å². The highest BCUT2D eigenvalue weighted by Gasteiger charge is 2.13. The maximum absolute atomic E-state index is 12.5. The van der Waals surface area contributed by atoms with Crippen LogP contribution in [-0.2, 0) is 0 Å². The van der Waals surface area contributed by atoms with Gasteiger partial charge in [-0.2, -0.15) is 0 Å². The molecule has 1 aromatic heterocycles. The van der Waals surface area contributed by atoms with Gasteiger partial charge in [-0.25, -0.2) is 0 Å². The van der Waals surface area contributed by atoms with Gasteiger partial charge in [-0.15, -0.1) is 0 Å². The van der Waals surface area contributed by atoms with Gasteiger partial charge in [0, 0.05) is 11.9 Å². The molecule has 0 aliphatic rings. The second-order valence-electron chi connectivity index (χ2n) is 6.48. The van der Waals surface area contributed by atoms with E-state index in [0.717, 1.165) is 11.4 Å². The second-order valence-corrected chi connectivity index (χ2v) is 6.86. The third kappa shape index (κ3) is 4.65. The van der Waals surface area contributed by atoms with Crippen LogP contribution >= 0.6 is 12.2 Å². The SMILES string of the molecule is CC(C)c1ccc(OCCNC(=O)c2c[nH]c(=S)n2-c2ccccc2)cc1. The first kappa shape index (κ1) is 18.9. The minimum atomic E-state index is -0.204. The summed E-state index contributed by atoms with van der Waals surface area (Å²) in [5.41, 5.74) is 2.58. The van der Waals surface area contributed by atoms with Crippen LogP contribution in [0.25, 0.3) is 5.69 Å². The minimum absolute atomic E-state index is 0.204. The fourth-order valence-corrected chi connectivity index (χ4v) is 3.00. The summed E-state index contributed by atoms with van der Waals surface area (Å²) in [5, 5.41) is 2.87. The Morgan fingerprint density at radius 1 is 1.15 bits per heavy atom. The number of para-hydroxylation sites is 1. The topological polar surface area (TPSA) is 59.0 Å². The lowest BCUT2D eigenvalue weighted by Gasteiger charge is -2.11. The number of benzene rings is 2. The van der Waals surface area contributed by atoms with Gasteiger partial charge in [-0.3, -0.25) is 9.36 Å². The standard InChI is InChI=1S/C21H23N3O2S/c1-15(2)16-8-10-18(11-9-16)26-13-12-22-20(25)19-14-23-21(27)24(19)17-6-4-3-5-7-17/h3-11,14-15H,12-13H2,1-2H3,(H,22,25)(H,23,27). The number of imidazole rings is 1. The van der Waals surface area contributed by atoms with Crippen LogP contribution in [-0.4, -0.2) is 28.6 Å². The van der Waals surface area contributed by atoms with E-state index in [1.165, 1.54) is 5.56 Å². The number of rotatable bonds is 7. The lowest BCUT2D eigenvalue weighted by Crippen LogP contribution is -2.29. The summed E-state index contributed by atoms with van der Waals surface area (Å²) in [4.78, 5) is 15.5. The van der Waals surface area contributed by atoms with Crippen molar-refractivity contribution in [2.45, 2.75) is 19.8 Å². The van der Waals surface area contributed by atoms with Crippen molar-refractivity contribution in [2.24, 2.45) is 0 Å². The number of ether oxygens (including phenoxy) is 1. The first-order valence-electron chi connectivity index (χ1n) is 8.93. The summed E-state index contributed by atoms with van der Waals surface area (Å²) in [6, 6.07) is 17.6. The molecule has 0 aliphatic heterocycles. The Labute approximate surface area is 164 Å². The molecule has 0 fully saturated rings. The summed E-state index contributed by atoms with van der Waals surface area (Å²) in [6.45, 7) is 5.10. The van der Waals surface area contributed by atoms with Crippen LogP contribution in [0, 0.1) is 4.77 Å². The summed E-state index contributed by atoms with van der Waals surface area (Å²) in [7, 11) is 0. The summed E-state index contributed by atoms with van der Waals surface area (Å²) >= 11 is 5.30. The second kappa shape index (κ2) is 8.68. The number of amides is 1. The third-order valence-corrected chi connectivity index (χ3v) is 4.53. The number of carbonyl (C=O) groups is 1. The van der Waals surface area contributed by atoms with Gasteiger partial charge >= 0.3 is 0 Å². The lowest BCUT2D eigenvalue weighted by atomic mass is 10.0. The van der Waals surface area contributed by atoms with Gasteiger partial charge < -0.3 is 15.0 Å². The van der Waals surface area contributed by atoms with Crippen molar-refractivity contribution >= 4 is 18.1 Å². The summed E-state index contributed by atoms with van der Waals surface area (Å²) < 4.78 is 7.90. The molecular formula is C21H23N3O2S. The normalized spacial score (nSPS) is 10.8. The van der Waals surface area contributed by atoms with Crippen molar-refractivity contribution in [1.29, 1.82) is 0 Å². The molecule has 6 heteroatoms. The molecule has 0 bridgehead atoms. The number of nitrogens with one attached hydrogen (secondary N) is 2. The van der Waals surface area contributed by atoms with Crippen molar-refractivity contribution in [3.8, 4) is 11.4 Å². The molecular weight excluding hydrogens is 358 g/mol. The highest BCUT2D eigenvalue weighted by Crippen LogP contribution is 2.18. The van der Waals surface area contributed by atoms with Gasteiger partial charge in [0.2, 0.25) is 0 Å². The Bertz CT molecular complexity index is 944. The van der Waals surface area contributed by atoms with Crippen molar-refractivity contribution in [3.05, 3.63) is 76.8 Å². The molecule has 0 radical (unpaired) electrons. The zero-order valence-corrected chi connectivity index (χ0v) is 16.3. The molecule has 0 aliphatic carbocycles. The molecule has 2 aromatic carbocycles. The van der Waals surface area contributed by atoms with Crippen molar-refractivity contribution in [3.63, 3.8) is 0 Å². The van der Waals surface area contributed by atoms with Gasteiger partial charge in [0.15, 0.2) is 4.77 Å². The first-order valence-corrected chi connectivity index (χ1v) is 9.34. The van der Waals surface area contributed by atoms with Crippen LogP contribution in [0.2, 0.25) is 0 Å². The van der Waals surface area contributed by atoms with E-state index in [0.29, 0.717) is 29.5 Å². The predicted molar refractivity (Wildman–Crippen MR) is 109 cm³/mol. The fraction of sp³-hybridized carbons (Fsp3) is 0.238. The maximum atomic E-state index is 12.5. The molecule has 0 saturated carbocycles. The number of hydrogen-bond acceptors (Lipinski definition) is 3. The smallest absolute Gasteiger partial charge is 0.269 e. The molecule has 2 N–H and O–H groups in total. The largest absolute Gasteiger partial charge is 0.492 e. The van der Waals surface area contributed by atoms with E-state index < -0.39 is 0 Å². The van der Waals surface area contributed by atoms with E-state index in [1.54, 1.807) is 10.8 Å². The van der Waals surface area contributed by atoms with Crippen molar-refractivity contribution in [1.82, 2.24) is 14.9 Å². The van der Waals surface area contributed by atoms with Crippen LogP contribution < -0.4 is 10.1 Å². The Kier molecular flexibility index (Phi) is 6.08. The number of carbonyl (C=O) groups excluding carboxylic acids is 1. The van der Waals surface area contributed by atoms with Crippen LogP contribution in [0.5, 0.6) is 5.75 Å². The van der Waals surface area contributed by atoms with Crippen molar-refractivity contribution in [2.75, 3.05) is 13.2 Å². The van der Waals surface area contributed by atoms with E-state index in [2.05, 4.69) is 36.3 Å². The molecule has 0 atom stereocenters. The average molecular weight is 382 g/mol.